The molecule has 0 heterocycles. The van der Waals surface area contributed by atoms with Crippen LogP contribution >= 0.6 is 15.9 Å². The molecule has 1 amide bonds. The largest absolute Gasteiger partial charge is 0.459 e. The molecule has 0 bridgehead atoms. The number of hydroxylamine groups is 1. The highest BCUT2D eigenvalue weighted by Gasteiger charge is 2.42. The van der Waals surface area contributed by atoms with Crippen LogP contribution in [0.1, 0.15) is 40.2 Å². The Bertz CT molecular complexity index is 1030. The molecule has 2 rings (SSSR count). The smallest absolute Gasteiger partial charge is 0.441 e. The number of halogens is 1. The lowest BCUT2D eigenvalue weighted by Gasteiger charge is -2.29. The van der Waals surface area contributed by atoms with Gasteiger partial charge >= 0.3 is 22.1 Å². The lowest BCUT2D eigenvalue weighted by molar-refractivity contribution is -0.173. The Labute approximate surface area is 185 Å². The number of carbonyl (C=O) groups is 2. The summed E-state index contributed by atoms with van der Waals surface area (Å²) in [6.07, 6.45) is -1.32. The van der Waals surface area contributed by atoms with Gasteiger partial charge in [0.25, 0.3) is 0 Å². The van der Waals surface area contributed by atoms with Crippen molar-refractivity contribution < 1.29 is 27.6 Å². The number of rotatable bonds is 4. The van der Waals surface area contributed by atoms with Gasteiger partial charge in [0.2, 0.25) is 0 Å². The molecule has 0 aliphatic carbocycles. The average molecular weight is 498 g/mol. The Morgan fingerprint density at radius 3 is 1.97 bits per heavy atom. The second-order valence-electron chi connectivity index (χ2n) is 8.01. The van der Waals surface area contributed by atoms with Crippen molar-refractivity contribution in [2.45, 2.75) is 50.5 Å². The summed E-state index contributed by atoms with van der Waals surface area (Å²) in [6.45, 7) is 7.86. The normalized spacial score (nSPS) is 12.2. The van der Waals surface area contributed by atoms with Crippen LogP contribution in [0.5, 0.6) is 0 Å². The topological polar surface area (TPSA) is 90.0 Å². The zero-order chi connectivity index (χ0) is 22.7. The molecule has 9 heteroatoms. The van der Waals surface area contributed by atoms with E-state index in [1.54, 1.807) is 71.0 Å². The summed E-state index contributed by atoms with van der Waals surface area (Å²) >= 11 is 3.15. The minimum Gasteiger partial charge on any atom is -0.441 e. The molecule has 0 saturated carbocycles. The highest BCUT2D eigenvalue weighted by molar-refractivity contribution is 9.10. The zero-order valence-electron chi connectivity index (χ0n) is 17.4. The average Bonchev–Trinajstić information content (AvgIpc) is 2.65. The molecule has 0 atom stereocenters. The zero-order valence-corrected chi connectivity index (χ0v) is 19.8. The fourth-order valence-corrected chi connectivity index (χ4v) is 4.43. The van der Waals surface area contributed by atoms with E-state index in [4.69, 9.17) is 9.57 Å². The molecular weight excluding hydrogens is 474 g/mol. The van der Waals surface area contributed by atoms with Gasteiger partial charge in [-0.25, -0.2) is 9.59 Å². The fourth-order valence-electron chi connectivity index (χ4n) is 2.39. The third-order valence-electron chi connectivity index (χ3n) is 4.05. The molecular formula is C21H24BrNO6S. The monoisotopic (exact) mass is 497 g/mol. The van der Waals surface area contributed by atoms with E-state index in [1.807, 2.05) is 0 Å². The van der Waals surface area contributed by atoms with Crippen LogP contribution in [0.2, 0.25) is 0 Å². The van der Waals surface area contributed by atoms with Gasteiger partial charge in [-0.15, -0.1) is 0 Å². The number of hydrogen-bond donors (Lipinski definition) is 0. The fraction of sp³-hybridized carbons (Fsp3) is 0.333. The van der Waals surface area contributed by atoms with Crippen LogP contribution < -0.4 is 0 Å². The Hall–Kier alpha value is -2.39. The van der Waals surface area contributed by atoms with Crippen LogP contribution in [0.3, 0.4) is 0 Å². The van der Waals surface area contributed by atoms with Crippen LogP contribution in [-0.2, 0) is 29.8 Å². The van der Waals surface area contributed by atoms with E-state index in [2.05, 4.69) is 15.9 Å². The predicted octanol–water partition coefficient (Wildman–Crippen LogP) is 4.81. The van der Waals surface area contributed by atoms with Crippen molar-refractivity contribution in [2.75, 3.05) is 0 Å². The van der Waals surface area contributed by atoms with Crippen LogP contribution in [-0.4, -0.2) is 30.5 Å². The van der Waals surface area contributed by atoms with Crippen molar-refractivity contribution in [3.05, 3.63) is 64.6 Å². The highest BCUT2D eigenvalue weighted by atomic mass is 79.9. The molecule has 0 saturated heterocycles. The maximum atomic E-state index is 13.2. The molecule has 7 nitrogen and oxygen atoms in total. The first-order valence-corrected chi connectivity index (χ1v) is 11.3. The molecule has 0 N–H and O–H groups in total. The van der Waals surface area contributed by atoms with Crippen LogP contribution in [0.4, 0.5) is 4.79 Å². The number of benzene rings is 2. The second kappa shape index (κ2) is 8.77. The molecule has 0 fully saturated rings. The maximum absolute atomic E-state index is 13.2. The summed E-state index contributed by atoms with van der Waals surface area (Å²) in [7, 11) is -4.57. The van der Waals surface area contributed by atoms with Crippen molar-refractivity contribution in [3.63, 3.8) is 0 Å². The van der Waals surface area contributed by atoms with Crippen molar-refractivity contribution in [3.8, 4) is 0 Å². The summed E-state index contributed by atoms with van der Waals surface area (Å²) in [4.78, 5) is 30.6. The SMILES string of the molecule is CC(C)(C)OC(=O)N(OC(=O)C(C)(C)c1ccccc1)S(=O)(=O)c1ccccc1Br. The molecule has 0 unspecified atom stereocenters. The molecule has 0 radical (unpaired) electrons. The Morgan fingerprint density at radius 1 is 0.900 bits per heavy atom. The molecule has 0 aromatic heterocycles. The molecule has 30 heavy (non-hydrogen) atoms. The van der Waals surface area contributed by atoms with E-state index < -0.39 is 33.1 Å². The molecule has 2 aromatic rings. The first-order chi connectivity index (χ1) is 13.8. The lowest BCUT2D eigenvalue weighted by Crippen LogP contribution is -2.45. The van der Waals surface area contributed by atoms with Crippen molar-refractivity contribution in [1.29, 1.82) is 0 Å². The first kappa shape index (κ1) is 23.9. The summed E-state index contributed by atoms with van der Waals surface area (Å²) in [6, 6.07) is 14.6. The van der Waals surface area contributed by atoms with E-state index in [-0.39, 0.29) is 13.8 Å². The van der Waals surface area contributed by atoms with Crippen molar-refractivity contribution >= 4 is 38.0 Å². The second-order valence-corrected chi connectivity index (χ2v) is 10.6. The number of ether oxygens (including phenoxy) is 1. The Kier molecular flexibility index (Phi) is 6.98. The number of amides is 1. The Morgan fingerprint density at radius 2 is 1.43 bits per heavy atom. The quantitative estimate of drug-likeness (QED) is 0.562. The van der Waals surface area contributed by atoms with Crippen molar-refractivity contribution in [1.82, 2.24) is 4.47 Å². The van der Waals surface area contributed by atoms with E-state index in [9.17, 15) is 18.0 Å². The minimum absolute atomic E-state index is 0.00532. The lowest BCUT2D eigenvalue weighted by atomic mass is 9.85. The third-order valence-corrected chi connectivity index (χ3v) is 6.57. The van der Waals surface area contributed by atoms with Gasteiger partial charge in [0.05, 0.1) is 5.41 Å². The summed E-state index contributed by atoms with van der Waals surface area (Å²) in [5, 5.41) is 0. The molecule has 0 spiro atoms. The van der Waals surface area contributed by atoms with Gasteiger partial charge in [-0.2, -0.15) is 8.42 Å². The molecule has 2 aromatic carbocycles. The van der Waals surface area contributed by atoms with Crippen molar-refractivity contribution in [2.24, 2.45) is 0 Å². The van der Waals surface area contributed by atoms with E-state index in [0.717, 1.165) is 0 Å². The van der Waals surface area contributed by atoms with Crippen LogP contribution in [0.15, 0.2) is 64.0 Å². The van der Waals surface area contributed by atoms with Gasteiger partial charge in [0, 0.05) is 4.47 Å². The van der Waals surface area contributed by atoms with Gasteiger partial charge < -0.3 is 9.57 Å². The summed E-state index contributed by atoms with van der Waals surface area (Å²) in [5.41, 5.74) is -1.65. The van der Waals surface area contributed by atoms with Crippen LogP contribution in [0.25, 0.3) is 0 Å². The third kappa shape index (κ3) is 5.40. The Balaban J connectivity index is 2.48. The number of nitrogens with zero attached hydrogens (tertiary/aromatic N) is 1. The number of carbonyl (C=O) groups excluding carboxylic acids is 2. The molecule has 0 aliphatic rings. The van der Waals surface area contributed by atoms with Gasteiger partial charge in [0.1, 0.15) is 10.5 Å². The number of hydrogen-bond acceptors (Lipinski definition) is 6. The maximum Gasteiger partial charge on any atom is 0.459 e. The van der Waals surface area contributed by atoms with Gasteiger partial charge in [-0.3, -0.25) is 0 Å². The first-order valence-electron chi connectivity index (χ1n) is 9.07. The minimum atomic E-state index is -4.57. The highest BCUT2D eigenvalue weighted by Crippen LogP contribution is 2.30. The van der Waals surface area contributed by atoms with Gasteiger partial charge in [0.15, 0.2) is 0 Å². The van der Waals surface area contributed by atoms with E-state index in [0.29, 0.717) is 5.56 Å². The van der Waals surface area contributed by atoms with Gasteiger partial charge in [-0.05, 0) is 72.7 Å². The van der Waals surface area contributed by atoms with Gasteiger partial charge in [-0.1, -0.05) is 42.5 Å². The summed E-state index contributed by atoms with van der Waals surface area (Å²) < 4.78 is 31.8. The molecule has 162 valence electrons. The molecule has 0 aliphatic heterocycles. The van der Waals surface area contributed by atoms with Crippen LogP contribution in [0, 0.1) is 0 Å². The number of sulfonamides is 1. The summed E-state index contributed by atoms with van der Waals surface area (Å²) in [5.74, 6) is -0.935. The van der Waals surface area contributed by atoms with E-state index in [1.165, 1.54) is 18.2 Å². The van der Waals surface area contributed by atoms with E-state index >= 15 is 0 Å². The standard InChI is InChI=1S/C21H24BrNO6S/c1-20(2,3)28-19(25)23(30(26,27)17-14-10-9-13-16(17)22)29-18(24)21(4,5)15-11-7-6-8-12-15/h6-14H,1-5H3. The predicted molar refractivity (Wildman–Crippen MR) is 115 cm³/mol.